The molecule has 1 atom stereocenters. The molecule has 10 heavy (non-hydrogen) atoms. The first-order chi connectivity index (χ1) is 4.63. The molecule has 0 aromatic carbocycles. The molecule has 0 fully saturated rings. The molecule has 0 bridgehead atoms. The molecule has 60 valence electrons. The molecule has 0 aliphatic heterocycles. The van der Waals surface area contributed by atoms with Gasteiger partial charge in [0, 0.05) is 0 Å². The van der Waals surface area contributed by atoms with Crippen LogP contribution in [-0.2, 0) is 0 Å². The van der Waals surface area contributed by atoms with E-state index >= 15 is 0 Å². The molecule has 0 aliphatic carbocycles. The van der Waals surface area contributed by atoms with Crippen molar-refractivity contribution in [3.05, 3.63) is 10.5 Å². The van der Waals surface area contributed by atoms with Gasteiger partial charge < -0.3 is 0 Å². The van der Waals surface area contributed by atoms with Crippen molar-refractivity contribution < 1.29 is 0 Å². The van der Waals surface area contributed by atoms with Crippen molar-refractivity contribution in [3.8, 4) is 0 Å². The molecule has 0 nitrogen and oxygen atoms in total. The van der Waals surface area contributed by atoms with Gasteiger partial charge in [0.1, 0.15) is 0 Å². The monoisotopic (exact) mass is 178 g/mol. The summed E-state index contributed by atoms with van der Waals surface area (Å²) in [6, 6.07) is 0. The molecule has 2 heteroatoms. The standard InChI is InChI=1S/C8H15ClS/c1-5-6(2)7(3)8(4)10-9/h6H,5H2,1-4H3/b8-7+. The molecule has 0 aromatic rings. The summed E-state index contributed by atoms with van der Waals surface area (Å²) < 4.78 is 0. The highest BCUT2D eigenvalue weighted by molar-refractivity contribution is 8.24. The average Bonchev–Trinajstić information content (AvgIpc) is 2.00. The van der Waals surface area contributed by atoms with Crippen LogP contribution in [0.3, 0.4) is 0 Å². The Labute approximate surface area is 72.5 Å². The van der Waals surface area contributed by atoms with Crippen LogP contribution in [0.25, 0.3) is 0 Å². The predicted octanol–water partition coefficient (Wildman–Crippen LogP) is 4.21. The summed E-state index contributed by atoms with van der Waals surface area (Å²) in [4.78, 5) is 1.25. The van der Waals surface area contributed by atoms with Gasteiger partial charge in [-0.2, -0.15) is 0 Å². The van der Waals surface area contributed by atoms with Crippen LogP contribution in [0.15, 0.2) is 10.5 Å². The smallest absolute Gasteiger partial charge is 0.00305 e. The van der Waals surface area contributed by atoms with E-state index in [9.17, 15) is 0 Å². The Kier molecular flexibility index (Phi) is 5.28. The van der Waals surface area contributed by atoms with Crippen LogP contribution < -0.4 is 0 Å². The summed E-state index contributed by atoms with van der Waals surface area (Å²) in [5, 5.41) is 0. The minimum atomic E-state index is 0.672. The van der Waals surface area contributed by atoms with Crippen molar-refractivity contribution in [1.82, 2.24) is 0 Å². The Morgan fingerprint density at radius 2 is 2.00 bits per heavy atom. The molecule has 0 radical (unpaired) electrons. The zero-order valence-corrected chi connectivity index (χ0v) is 8.64. The summed E-state index contributed by atoms with van der Waals surface area (Å²) in [6.07, 6.45) is 1.20. The van der Waals surface area contributed by atoms with Gasteiger partial charge >= 0.3 is 0 Å². The number of hydrogen-bond acceptors (Lipinski definition) is 1. The quantitative estimate of drug-likeness (QED) is 0.624. The van der Waals surface area contributed by atoms with E-state index in [4.69, 9.17) is 10.7 Å². The Hall–Kier alpha value is 0.380. The van der Waals surface area contributed by atoms with Gasteiger partial charge in [0.15, 0.2) is 0 Å². The summed E-state index contributed by atoms with van der Waals surface area (Å²) >= 11 is 0. The average molecular weight is 179 g/mol. The summed E-state index contributed by atoms with van der Waals surface area (Å²) in [5.41, 5.74) is 1.42. The molecule has 0 amide bonds. The van der Waals surface area contributed by atoms with Crippen molar-refractivity contribution in [1.29, 1.82) is 0 Å². The predicted molar refractivity (Wildman–Crippen MR) is 51.3 cm³/mol. The van der Waals surface area contributed by atoms with Gasteiger partial charge in [0.25, 0.3) is 0 Å². The summed E-state index contributed by atoms with van der Waals surface area (Å²) in [7, 11) is 6.94. The lowest BCUT2D eigenvalue weighted by Gasteiger charge is -2.10. The molecule has 0 rings (SSSR count). The molecule has 1 unspecified atom stereocenters. The van der Waals surface area contributed by atoms with E-state index in [1.165, 1.54) is 27.9 Å². The second kappa shape index (κ2) is 5.09. The SMILES string of the molecule is CCC(C)/C(C)=C(\C)SCl. The van der Waals surface area contributed by atoms with Gasteiger partial charge in [-0.25, -0.2) is 0 Å². The van der Waals surface area contributed by atoms with Crippen molar-refractivity contribution in [2.24, 2.45) is 5.92 Å². The third kappa shape index (κ3) is 2.98. The number of allylic oxidation sites excluding steroid dienone is 2. The van der Waals surface area contributed by atoms with Gasteiger partial charge in [-0.05, 0) is 52.7 Å². The van der Waals surface area contributed by atoms with Gasteiger partial charge in [0.2, 0.25) is 0 Å². The molecule has 0 aliphatic rings. The van der Waals surface area contributed by atoms with E-state index < -0.39 is 0 Å². The molecular weight excluding hydrogens is 164 g/mol. The highest BCUT2D eigenvalue weighted by atomic mass is 35.7. The van der Waals surface area contributed by atoms with E-state index in [2.05, 4.69) is 27.7 Å². The Morgan fingerprint density at radius 1 is 1.50 bits per heavy atom. The Morgan fingerprint density at radius 3 is 2.30 bits per heavy atom. The van der Waals surface area contributed by atoms with E-state index in [1.54, 1.807) is 0 Å². The highest BCUT2D eigenvalue weighted by Crippen LogP contribution is 2.27. The largest absolute Gasteiger partial charge is 0.0648 e. The maximum absolute atomic E-state index is 5.61. The van der Waals surface area contributed by atoms with Gasteiger partial charge in [-0.3, -0.25) is 0 Å². The van der Waals surface area contributed by atoms with Crippen LogP contribution in [0.4, 0.5) is 0 Å². The summed E-state index contributed by atoms with van der Waals surface area (Å²) in [6.45, 7) is 8.64. The zero-order chi connectivity index (χ0) is 8.15. The fourth-order valence-electron chi connectivity index (χ4n) is 0.714. The number of hydrogen-bond donors (Lipinski definition) is 0. The Bertz CT molecular complexity index is 129. The minimum Gasteiger partial charge on any atom is -0.0648 e. The van der Waals surface area contributed by atoms with E-state index in [0.717, 1.165) is 0 Å². The molecule has 0 saturated heterocycles. The van der Waals surface area contributed by atoms with Crippen molar-refractivity contribution >= 4 is 21.7 Å². The first-order valence-electron chi connectivity index (χ1n) is 3.59. The first kappa shape index (κ1) is 10.4. The maximum atomic E-state index is 5.61. The highest BCUT2D eigenvalue weighted by Gasteiger charge is 2.03. The lowest BCUT2D eigenvalue weighted by molar-refractivity contribution is 0.653. The topological polar surface area (TPSA) is 0 Å². The van der Waals surface area contributed by atoms with Gasteiger partial charge in [-0.15, -0.1) is 0 Å². The molecule has 0 N–H and O–H groups in total. The van der Waals surface area contributed by atoms with Gasteiger partial charge in [0.05, 0.1) is 0 Å². The third-order valence-corrected chi connectivity index (χ3v) is 3.27. The van der Waals surface area contributed by atoms with Crippen LogP contribution in [0.1, 0.15) is 34.1 Å². The molecule has 0 spiro atoms. The first-order valence-corrected chi connectivity index (χ1v) is 5.23. The second-order valence-electron chi connectivity index (χ2n) is 2.63. The molecule has 0 saturated carbocycles. The number of halogens is 1. The third-order valence-electron chi connectivity index (χ3n) is 2.02. The normalized spacial score (nSPS) is 16.5. The fraction of sp³-hybridized carbons (Fsp3) is 0.750. The van der Waals surface area contributed by atoms with Crippen LogP contribution in [0.5, 0.6) is 0 Å². The van der Waals surface area contributed by atoms with Crippen LogP contribution in [0, 0.1) is 5.92 Å². The maximum Gasteiger partial charge on any atom is -0.00305 e. The fourth-order valence-corrected chi connectivity index (χ4v) is 1.40. The van der Waals surface area contributed by atoms with E-state index in [0.29, 0.717) is 5.92 Å². The van der Waals surface area contributed by atoms with Crippen molar-refractivity contribution in [2.45, 2.75) is 34.1 Å². The van der Waals surface area contributed by atoms with Crippen LogP contribution >= 0.6 is 21.7 Å². The molecular formula is C8H15ClS. The zero-order valence-electron chi connectivity index (χ0n) is 7.07. The Balaban J connectivity index is 4.15. The van der Waals surface area contributed by atoms with Crippen LogP contribution in [0.2, 0.25) is 0 Å². The molecule has 0 heterocycles. The lowest BCUT2D eigenvalue weighted by atomic mass is 10.0. The number of rotatable bonds is 3. The van der Waals surface area contributed by atoms with Gasteiger partial charge in [-0.1, -0.05) is 19.4 Å². The van der Waals surface area contributed by atoms with Crippen LogP contribution in [-0.4, -0.2) is 0 Å². The van der Waals surface area contributed by atoms with E-state index in [-0.39, 0.29) is 0 Å². The summed E-state index contributed by atoms with van der Waals surface area (Å²) in [5.74, 6) is 0.672. The lowest BCUT2D eigenvalue weighted by Crippen LogP contribution is -1.94. The molecule has 0 aromatic heterocycles. The minimum absolute atomic E-state index is 0.672. The van der Waals surface area contributed by atoms with Crippen molar-refractivity contribution in [3.63, 3.8) is 0 Å². The van der Waals surface area contributed by atoms with Crippen molar-refractivity contribution in [2.75, 3.05) is 0 Å². The van der Waals surface area contributed by atoms with E-state index in [1.807, 2.05) is 0 Å². The second-order valence-corrected chi connectivity index (χ2v) is 3.86.